The molecule has 0 fully saturated rings. The average molecular weight is 179 g/mol. The van der Waals surface area contributed by atoms with Crippen molar-refractivity contribution in [3.63, 3.8) is 0 Å². The van der Waals surface area contributed by atoms with E-state index in [2.05, 4.69) is 6.07 Å². The second-order valence-corrected chi connectivity index (χ2v) is 3.66. The lowest BCUT2D eigenvalue weighted by Crippen LogP contribution is -2.24. The molecule has 0 saturated carbocycles. The number of nitrogens with two attached hydrogens (primary N) is 1. The maximum absolute atomic E-state index is 9.74. The minimum atomic E-state index is -0.555. The summed E-state index contributed by atoms with van der Waals surface area (Å²) < 4.78 is 0. The van der Waals surface area contributed by atoms with Crippen LogP contribution in [0.25, 0.3) is 0 Å². The Labute approximate surface area is 79.4 Å². The van der Waals surface area contributed by atoms with E-state index in [0.717, 1.165) is 11.1 Å². The van der Waals surface area contributed by atoms with E-state index in [-0.39, 0.29) is 6.04 Å². The second kappa shape index (κ2) is 3.90. The van der Waals surface area contributed by atoms with Crippen LogP contribution < -0.4 is 5.73 Å². The smallest absolute Gasteiger partial charge is 0.0940 e. The Bertz CT molecular complexity index is 294. The van der Waals surface area contributed by atoms with Gasteiger partial charge < -0.3 is 10.8 Å². The fourth-order valence-electron chi connectivity index (χ4n) is 1.44. The van der Waals surface area contributed by atoms with Gasteiger partial charge in [0.2, 0.25) is 0 Å². The Morgan fingerprint density at radius 3 is 2.38 bits per heavy atom. The predicted octanol–water partition coefficient (Wildman–Crippen LogP) is 1.68. The molecule has 0 saturated heterocycles. The molecule has 1 aromatic carbocycles. The van der Waals surface area contributed by atoms with Crippen LogP contribution in [0, 0.1) is 13.8 Å². The van der Waals surface area contributed by atoms with Crippen molar-refractivity contribution >= 4 is 0 Å². The maximum Gasteiger partial charge on any atom is 0.0940 e. The maximum atomic E-state index is 9.74. The van der Waals surface area contributed by atoms with Crippen LogP contribution in [0.15, 0.2) is 18.2 Å². The Hall–Kier alpha value is -0.860. The fraction of sp³-hybridized carbons (Fsp3) is 0.455. The van der Waals surface area contributed by atoms with Gasteiger partial charge in [-0.25, -0.2) is 0 Å². The van der Waals surface area contributed by atoms with Gasteiger partial charge in [-0.2, -0.15) is 0 Å². The van der Waals surface area contributed by atoms with E-state index >= 15 is 0 Å². The largest absolute Gasteiger partial charge is 0.387 e. The molecule has 0 amide bonds. The predicted molar refractivity (Wildman–Crippen MR) is 54.5 cm³/mol. The van der Waals surface area contributed by atoms with Crippen LogP contribution in [0.3, 0.4) is 0 Å². The summed E-state index contributed by atoms with van der Waals surface area (Å²) in [5.41, 5.74) is 8.86. The first-order valence-electron chi connectivity index (χ1n) is 4.53. The van der Waals surface area contributed by atoms with Crippen molar-refractivity contribution in [2.24, 2.45) is 5.73 Å². The van der Waals surface area contributed by atoms with Gasteiger partial charge in [-0.3, -0.25) is 0 Å². The van der Waals surface area contributed by atoms with Gasteiger partial charge in [-0.05, 0) is 31.9 Å². The number of hydrogen-bond acceptors (Lipinski definition) is 2. The van der Waals surface area contributed by atoms with Crippen molar-refractivity contribution in [3.8, 4) is 0 Å². The first-order chi connectivity index (χ1) is 6.02. The zero-order valence-electron chi connectivity index (χ0n) is 8.41. The molecule has 0 aliphatic rings. The Morgan fingerprint density at radius 1 is 1.31 bits per heavy atom. The van der Waals surface area contributed by atoms with Gasteiger partial charge >= 0.3 is 0 Å². The van der Waals surface area contributed by atoms with E-state index in [0.29, 0.717) is 0 Å². The molecule has 0 radical (unpaired) electrons. The Balaban J connectivity index is 3.01. The molecular formula is C11H17NO. The van der Waals surface area contributed by atoms with Crippen LogP contribution in [-0.4, -0.2) is 11.1 Å². The fourth-order valence-corrected chi connectivity index (χ4v) is 1.44. The third kappa shape index (κ3) is 2.29. The van der Waals surface area contributed by atoms with Gasteiger partial charge in [0.1, 0.15) is 0 Å². The molecule has 0 aliphatic heterocycles. The SMILES string of the molecule is Cc1ccc([C@@H](O)[C@H](C)N)c(C)c1. The summed E-state index contributed by atoms with van der Waals surface area (Å²) in [5, 5.41) is 9.74. The summed E-state index contributed by atoms with van der Waals surface area (Å²) in [6, 6.07) is 5.77. The topological polar surface area (TPSA) is 46.2 Å². The number of aliphatic hydroxyl groups is 1. The molecule has 0 spiro atoms. The van der Waals surface area contributed by atoms with E-state index in [9.17, 15) is 5.11 Å². The van der Waals surface area contributed by atoms with E-state index in [4.69, 9.17) is 5.73 Å². The van der Waals surface area contributed by atoms with Gasteiger partial charge in [0.25, 0.3) is 0 Å². The number of benzene rings is 1. The molecule has 0 aliphatic carbocycles. The van der Waals surface area contributed by atoms with Crippen molar-refractivity contribution < 1.29 is 5.11 Å². The molecule has 3 N–H and O–H groups in total. The molecule has 0 aromatic heterocycles. The number of hydrogen-bond donors (Lipinski definition) is 2. The normalized spacial score (nSPS) is 15.5. The van der Waals surface area contributed by atoms with Crippen LogP contribution in [0.5, 0.6) is 0 Å². The highest BCUT2D eigenvalue weighted by Crippen LogP contribution is 2.20. The molecule has 13 heavy (non-hydrogen) atoms. The van der Waals surface area contributed by atoms with Crippen LogP contribution in [0.4, 0.5) is 0 Å². The molecular weight excluding hydrogens is 162 g/mol. The highest BCUT2D eigenvalue weighted by Gasteiger charge is 2.13. The average Bonchev–Trinajstić information content (AvgIpc) is 2.03. The van der Waals surface area contributed by atoms with E-state index in [1.165, 1.54) is 5.56 Å². The van der Waals surface area contributed by atoms with Crippen LogP contribution >= 0.6 is 0 Å². The third-order valence-corrected chi connectivity index (χ3v) is 2.24. The number of aryl methyl sites for hydroxylation is 2. The monoisotopic (exact) mass is 179 g/mol. The van der Waals surface area contributed by atoms with Gasteiger partial charge in [0, 0.05) is 6.04 Å². The van der Waals surface area contributed by atoms with Crippen LogP contribution in [-0.2, 0) is 0 Å². The van der Waals surface area contributed by atoms with E-state index in [1.54, 1.807) is 0 Å². The molecule has 0 heterocycles. The minimum Gasteiger partial charge on any atom is -0.387 e. The van der Waals surface area contributed by atoms with Gasteiger partial charge in [0.15, 0.2) is 0 Å². The first-order valence-corrected chi connectivity index (χ1v) is 4.53. The molecule has 72 valence electrons. The highest BCUT2D eigenvalue weighted by molar-refractivity contribution is 5.32. The molecule has 2 atom stereocenters. The third-order valence-electron chi connectivity index (χ3n) is 2.24. The van der Waals surface area contributed by atoms with Crippen LogP contribution in [0.1, 0.15) is 29.7 Å². The van der Waals surface area contributed by atoms with Crippen molar-refractivity contribution in [2.45, 2.75) is 32.9 Å². The molecule has 0 unspecified atom stereocenters. The zero-order chi connectivity index (χ0) is 10.0. The molecule has 0 bridgehead atoms. The summed E-state index contributed by atoms with van der Waals surface area (Å²) in [6.07, 6.45) is -0.555. The standard InChI is InChI=1S/C11H17NO/c1-7-4-5-10(8(2)6-7)11(13)9(3)12/h4-6,9,11,13H,12H2,1-3H3/t9-,11-/m0/s1. The first kappa shape index (κ1) is 10.2. The summed E-state index contributed by atoms with van der Waals surface area (Å²) in [7, 11) is 0. The molecule has 1 rings (SSSR count). The van der Waals surface area contributed by atoms with Crippen molar-refractivity contribution in [1.82, 2.24) is 0 Å². The van der Waals surface area contributed by atoms with Crippen molar-refractivity contribution in [2.75, 3.05) is 0 Å². The van der Waals surface area contributed by atoms with Gasteiger partial charge in [-0.1, -0.05) is 23.8 Å². The molecule has 1 aromatic rings. The number of rotatable bonds is 2. The van der Waals surface area contributed by atoms with Crippen LogP contribution in [0.2, 0.25) is 0 Å². The zero-order valence-corrected chi connectivity index (χ0v) is 8.41. The quantitative estimate of drug-likeness (QED) is 0.725. The lowest BCUT2D eigenvalue weighted by Gasteiger charge is -2.17. The van der Waals surface area contributed by atoms with Crippen molar-refractivity contribution in [3.05, 3.63) is 34.9 Å². The number of aliphatic hydroxyl groups excluding tert-OH is 1. The summed E-state index contributed by atoms with van der Waals surface area (Å²) in [6.45, 7) is 5.84. The Kier molecular flexibility index (Phi) is 3.07. The highest BCUT2D eigenvalue weighted by atomic mass is 16.3. The van der Waals surface area contributed by atoms with E-state index in [1.807, 2.05) is 32.9 Å². The van der Waals surface area contributed by atoms with Gasteiger partial charge in [0.05, 0.1) is 6.10 Å². The molecule has 2 nitrogen and oxygen atoms in total. The summed E-state index contributed by atoms with van der Waals surface area (Å²) in [5.74, 6) is 0. The van der Waals surface area contributed by atoms with E-state index < -0.39 is 6.10 Å². The molecule has 2 heteroatoms. The minimum absolute atomic E-state index is 0.221. The summed E-state index contributed by atoms with van der Waals surface area (Å²) in [4.78, 5) is 0. The summed E-state index contributed by atoms with van der Waals surface area (Å²) >= 11 is 0. The van der Waals surface area contributed by atoms with Gasteiger partial charge in [-0.15, -0.1) is 0 Å². The second-order valence-electron chi connectivity index (χ2n) is 3.66. The van der Waals surface area contributed by atoms with Crippen molar-refractivity contribution in [1.29, 1.82) is 0 Å². The lowest BCUT2D eigenvalue weighted by atomic mass is 9.98. The lowest BCUT2D eigenvalue weighted by molar-refractivity contribution is 0.152. The Morgan fingerprint density at radius 2 is 1.92 bits per heavy atom.